The highest BCUT2D eigenvalue weighted by Crippen LogP contribution is 2.30. The van der Waals surface area contributed by atoms with Gasteiger partial charge < -0.3 is 5.73 Å². The average Bonchev–Trinajstić information content (AvgIpc) is 2.47. The van der Waals surface area contributed by atoms with Crippen molar-refractivity contribution in [1.82, 2.24) is 0 Å². The van der Waals surface area contributed by atoms with E-state index in [4.69, 9.17) is 5.73 Å². The van der Waals surface area contributed by atoms with Crippen molar-refractivity contribution in [2.45, 2.75) is 26.8 Å². The number of benzene rings is 3. The molecule has 3 rings (SSSR count). The van der Waals surface area contributed by atoms with Crippen molar-refractivity contribution in [2.24, 2.45) is 5.73 Å². The molecule has 0 aromatic heterocycles. The van der Waals surface area contributed by atoms with Gasteiger partial charge in [0.2, 0.25) is 0 Å². The van der Waals surface area contributed by atoms with Gasteiger partial charge in [-0.1, -0.05) is 60.2 Å². The third-order valence-corrected chi connectivity index (χ3v) is 4.27. The largest absolute Gasteiger partial charge is 0.320 e. The first kappa shape index (κ1) is 13.8. The van der Waals surface area contributed by atoms with Crippen LogP contribution in [0.1, 0.15) is 33.9 Å². The van der Waals surface area contributed by atoms with E-state index in [1.165, 1.54) is 38.6 Å². The second kappa shape index (κ2) is 5.34. The van der Waals surface area contributed by atoms with E-state index in [0.717, 1.165) is 0 Å². The van der Waals surface area contributed by atoms with Crippen LogP contribution in [0, 0.1) is 20.8 Å². The smallest absolute Gasteiger partial charge is 0.0560 e. The third kappa shape index (κ3) is 2.45. The predicted octanol–water partition coefficient (Wildman–Crippen LogP) is 4.81. The number of rotatable bonds is 2. The minimum Gasteiger partial charge on any atom is -0.320 e. The van der Waals surface area contributed by atoms with Gasteiger partial charge in [-0.2, -0.15) is 0 Å². The Kier molecular flexibility index (Phi) is 3.52. The maximum Gasteiger partial charge on any atom is 0.0560 e. The molecule has 0 radical (unpaired) electrons. The average molecular weight is 275 g/mol. The van der Waals surface area contributed by atoms with Crippen LogP contribution < -0.4 is 5.73 Å². The summed E-state index contributed by atoms with van der Waals surface area (Å²) in [6, 6.07) is 19.2. The standard InChI is InChI=1S/C20H21N/c1-13-8-10-17(15(3)12-13)20(21)19-11-9-14(2)16-6-4-5-7-18(16)19/h4-12,20H,21H2,1-3H3. The van der Waals surface area contributed by atoms with Gasteiger partial charge in [-0.3, -0.25) is 0 Å². The molecule has 1 nitrogen and oxygen atoms in total. The molecule has 0 heterocycles. The summed E-state index contributed by atoms with van der Waals surface area (Å²) >= 11 is 0. The minimum atomic E-state index is -0.0869. The van der Waals surface area contributed by atoms with Crippen LogP contribution in [0.25, 0.3) is 10.8 Å². The molecule has 1 unspecified atom stereocenters. The van der Waals surface area contributed by atoms with Gasteiger partial charge in [0.25, 0.3) is 0 Å². The molecule has 1 heteroatoms. The fourth-order valence-corrected chi connectivity index (χ4v) is 3.09. The van der Waals surface area contributed by atoms with Gasteiger partial charge in [0.1, 0.15) is 0 Å². The first-order chi connectivity index (χ1) is 10.1. The Morgan fingerprint density at radius 3 is 2.10 bits per heavy atom. The summed E-state index contributed by atoms with van der Waals surface area (Å²) in [5.74, 6) is 0. The van der Waals surface area contributed by atoms with E-state index in [0.29, 0.717) is 0 Å². The SMILES string of the molecule is Cc1ccc(C(N)c2ccc(C)c3ccccc23)c(C)c1. The van der Waals surface area contributed by atoms with Crippen LogP contribution in [-0.2, 0) is 0 Å². The van der Waals surface area contributed by atoms with Gasteiger partial charge in [0, 0.05) is 0 Å². The summed E-state index contributed by atoms with van der Waals surface area (Å²) in [5.41, 5.74) is 12.8. The summed E-state index contributed by atoms with van der Waals surface area (Å²) < 4.78 is 0. The fraction of sp³-hybridized carbons (Fsp3) is 0.200. The maximum absolute atomic E-state index is 6.58. The van der Waals surface area contributed by atoms with E-state index >= 15 is 0 Å². The van der Waals surface area contributed by atoms with E-state index in [-0.39, 0.29) is 6.04 Å². The normalized spacial score (nSPS) is 12.6. The summed E-state index contributed by atoms with van der Waals surface area (Å²) in [6.45, 7) is 6.40. The van der Waals surface area contributed by atoms with Crippen molar-refractivity contribution in [3.05, 3.63) is 82.4 Å². The Bertz CT molecular complexity index is 802. The van der Waals surface area contributed by atoms with Crippen molar-refractivity contribution in [3.63, 3.8) is 0 Å². The quantitative estimate of drug-likeness (QED) is 0.713. The summed E-state index contributed by atoms with van der Waals surface area (Å²) in [7, 11) is 0. The number of hydrogen-bond donors (Lipinski definition) is 1. The van der Waals surface area contributed by atoms with Gasteiger partial charge in [-0.25, -0.2) is 0 Å². The third-order valence-electron chi connectivity index (χ3n) is 4.27. The Hall–Kier alpha value is -2.12. The van der Waals surface area contributed by atoms with Crippen molar-refractivity contribution < 1.29 is 0 Å². The van der Waals surface area contributed by atoms with Crippen LogP contribution in [0.3, 0.4) is 0 Å². The van der Waals surface area contributed by atoms with Gasteiger partial charge in [0.05, 0.1) is 6.04 Å². The van der Waals surface area contributed by atoms with Gasteiger partial charge in [-0.05, 0) is 53.8 Å². The first-order valence-corrected chi connectivity index (χ1v) is 7.39. The molecule has 0 spiro atoms. The van der Waals surface area contributed by atoms with E-state index in [9.17, 15) is 0 Å². The molecule has 1 atom stereocenters. The minimum absolute atomic E-state index is 0.0869. The molecule has 21 heavy (non-hydrogen) atoms. The monoisotopic (exact) mass is 275 g/mol. The lowest BCUT2D eigenvalue weighted by atomic mass is 9.90. The zero-order valence-electron chi connectivity index (χ0n) is 12.9. The molecule has 0 aliphatic heterocycles. The highest BCUT2D eigenvalue weighted by Gasteiger charge is 2.14. The lowest BCUT2D eigenvalue weighted by molar-refractivity contribution is 0.869. The highest BCUT2D eigenvalue weighted by atomic mass is 14.6. The van der Waals surface area contributed by atoms with Gasteiger partial charge >= 0.3 is 0 Å². The topological polar surface area (TPSA) is 26.0 Å². The molecular weight excluding hydrogens is 254 g/mol. The van der Waals surface area contributed by atoms with Crippen LogP contribution in [0.2, 0.25) is 0 Å². The molecule has 0 fully saturated rings. The molecule has 3 aromatic carbocycles. The molecule has 0 bridgehead atoms. The van der Waals surface area contributed by atoms with E-state index in [1.807, 2.05) is 0 Å². The molecule has 2 N–H and O–H groups in total. The van der Waals surface area contributed by atoms with Crippen molar-refractivity contribution in [3.8, 4) is 0 Å². The Morgan fingerprint density at radius 2 is 1.38 bits per heavy atom. The number of aryl methyl sites for hydroxylation is 3. The van der Waals surface area contributed by atoms with Crippen LogP contribution in [0.15, 0.2) is 54.6 Å². The van der Waals surface area contributed by atoms with Crippen LogP contribution in [0.4, 0.5) is 0 Å². The molecular formula is C20H21N. The Labute approximate surface area is 126 Å². The van der Waals surface area contributed by atoms with Gasteiger partial charge in [0.15, 0.2) is 0 Å². The lowest BCUT2D eigenvalue weighted by Crippen LogP contribution is -2.14. The van der Waals surface area contributed by atoms with Crippen molar-refractivity contribution in [1.29, 1.82) is 0 Å². The number of hydrogen-bond acceptors (Lipinski definition) is 1. The van der Waals surface area contributed by atoms with Crippen LogP contribution in [-0.4, -0.2) is 0 Å². The number of fused-ring (bicyclic) bond motifs is 1. The maximum atomic E-state index is 6.58. The summed E-state index contributed by atoms with van der Waals surface area (Å²) in [6.07, 6.45) is 0. The van der Waals surface area contributed by atoms with E-state index in [2.05, 4.69) is 75.4 Å². The Morgan fingerprint density at radius 1 is 0.714 bits per heavy atom. The van der Waals surface area contributed by atoms with Gasteiger partial charge in [-0.15, -0.1) is 0 Å². The van der Waals surface area contributed by atoms with Crippen LogP contribution in [0.5, 0.6) is 0 Å². The Balaban J connectivity index is 2.18. The van der Waals surface area contributed by atoms with Crippen molar-refractivity contribution >= 4 is 10.8 Å². The molecule has 0 amide bonds. The fourth-order valence-electron chi connectivity index (χ4n) is 3.09. The zero-order valence-corrected chi connectivity index (χ0v) is 12.9. The van der Waals surface area contributed by atoms with Crippen molar-refractivity contribution in [2.75, 3.05) is 0 Å². The number of nitrogens with two attached hydrogens (primary N) is 1. The highest BCUT2D eigenvalue weighted by molar-refractivity contribution is 5.89. The molecule has 3 aromatic rings. The molecule has 0 aliphatic rings. The van der Waals surface area contributed by atoms with Crippen LogP contribution >= 0.6 is 0 Å². The summed E-state index contributed by atoms with van der Waals surface area (Å²) in [5, 5.41) is 2.54. The predicted molar refractivity (Wildman–Crippen MR) is 90.6 cm³/mol. The molecule has 0 saturated heterocycles. The first-order valence-electron chi connectivity index (χ1n) is 7.39. The van der Waals surface area contributed by atoms with E-state index < -0.39 is 0 Å². The second-order valence-electron chi connectivity index (χ2n) is 5.85. The zero-order chi connectivity index (χ0) is 15.0. The molecule has 106 valence electrons. The second-order valence-corrected chi connectivity index (χ2v) is 5.85. The van der Waals surface area contributed by atoms with E-state index in [1.54, 1.807) is 0 Å². The molecule has 0 saturated carbocycles. The summed E-state index contributed by atoms with van der Waals surface area (Å²) in [4.78, 5) is 0. The lowest BCUT2D eigenvalue weighted by Gasteiger charge is -2.18. The molecule has 0 aliphatic carbocycles.